The highest BCUT2D eigenvalue weighted by atomic mass is 32.1. The minimum Gasteiger partial charge on any atom is -0.342 e. The number of aromatic nitrogens is 4. The van der Waals surface area contributed by atoms with Gasteiger partial charge in [0.2, 0.25) is 0 Å². The molecule has 4 aromatic rings. The molecule has 8 nitrogen and oxygen atoms in total. The number of carbonyl (C=O) groups excluding carboxylic acids is 1. The molecule has 0 aliphatic carbocycles. The van der Waals surface area contributed by atoms with Crippen LogP contribution in [-0.2, 0) is 6.54 Å². The van der Waals surface area contributed by atoms with Gasteiger partial charge in [-0.1, -0.05) is 6.42 Å². The van der Waals surface area contributed by atoms with Gasteiger partial charge in [-0.25, -0.2) is 9.50 Å². The fraction of sp³-hybridized carbons (Fsp3) is 0.360. The lowest BCUT2D eigenvalue weighted by atomic mass is 10.1. The number of rotatable bonds is 7. The van der Waals surface area contributed by atoms with Crippen LogP contribution in [0.5, 0.6) is 0 Å². The maximum atomic E-state index is 12.7. The largest absolute Gasteiger partial charge is 0.405 e. The summed E-state index contributed by atoms with van der Waals surface area (Å²) in [6.07, 6.45) is 6.03. The van der Waals surface area contributed by atoms with E-state index in [9.17, 15) is 22.8 Å². The van der Waals surface area contributed by atoms with Crippen molar-refractivity contribution in [1.82, 2.24) is 29.4 Å². The average Bonchev–Trinajstić information content (AvgIpc) is 3.53. The Morgan fingerprint density at radius 3 is 2.62 bits per heavy atom. The summed E-state index contributed by atoms with van der Waals surface area (Å²) < 4.78 is 40.5. The number of piperidine rings is 1. The molecule has 0 spiro atoms. The molecule has 0 bridgehead atoms. The summed E-state index contributed by atoms with van der Waals surface area (Å²) in [5, 5.41) is 7.90. The van der Waals surface area contributed by atoms with Crippen molar-refractivity contribution in [1.29, 1.82) is 0 Å². The molecule has 12 heteroatoms. The smallest absolute Gasteiger partial charge is 0.342 e. The lowest BCUT2D eigenvalue weighted by molar-refractivity contribution is -0.123. The van der Waals surface area contributed by atoms with Crippen molar-refractivity contribution in [2.45, 2.75) is 32.0 Å². The van der Waals surface area contributed by atoms with Crippen LogP contribution >= 0.6 is 11.3 Å². The average molecular weight is 531 g/mol. The fourth-order valence-corrected chi connectivity index (χ4v) is 5.22. The molecule has 1 fully saturated rings. The molecule has 0 saturated carbocycles. The highest BCUT2D eigenvalue weighted by molar-refractivity contribution is 7.12. The van der Waals surface area contributed by atoms with Gasteiger partial charge < -0.3 is 14.8 Å². The second kappa shape index (κ2) is 10.5. The summed E-state index contributed by atoms with van der Waals surface area (Å²) in [5.41, 5.74) is 3.17. The summed E-state index contributed by atoms with van der Waals surface area (Å²) >= 11 is 1.05. The maximum absolute atomic E-state index is 12.7. The molecule has 1 N–H and O–H groups in total. The van der Waals surface area contributed by atoms with E-state index in [1.165, 1.54) is 25.3 Å². The monoisotopic (exact) mass is 530 g/mol. The topological polar surface area (TPSA) is 84.5 Å². The van der Waals surface area contributed by atoms with Crippen molar-refractivity contribution < 1.29 is 18.0 Å². The van der Waals surface area contributed by atoms with Crippen molar-refractivity contribution in [3.8, 4) is 22.3 Å². The van der Waals surface area contributed by atoms with Gasteiger partial charge in [0.05, 0.1) is 11.1 Å². The number of nitrogens with zero attached hydrogens (tertiary/aromatic N) is 5. The van der Waals surface area contributed by atoms with Crippen molar-refractivity contribution >= 4 is 22.9 Å². The van der Waals surface area contributed by atoms with E-state index in [0.29, 0.717) is 23.3 Å². The molecule has 1 saturated heterocycles. The number of hydrogen-bond donors (Lipinski definition) is 1. The lowest BCUT2D eigenvalue weighted by Crippen LogP contribution is -2.34. The van der Waals surface area contributed by atoms with Gasteiger partial charge in [-0.15, -0.1) is 11.3 Å². The number of alkyl halides is 3. The Bertz CT molecular complexity index is 1470. The van der Waals surface area contributed by atoms with Gasteiger partial charge in [-0.3, -0.25) is 9.59 Å². The summed E-state index contributed by atoms with van der Waals surface area (Å²) in [6, 6.07) is 5.00. The van der Waals surface area contributed by atoms with Gasteiger partial charge in [-0.05, 0) is 54.6 Å². The predicted molar refractivity (Wildman–Crippen MR) is 135 cm³/mol. The van der Waals surface area contributed by atoms with Crippen molar-refractivity contribution in [3.05, 3.63) is 63.6 Å². The number of halogens is 3. The van der Waals surface area contributed by atoms with Gasteiger partial charge in [0, 0.05) is 48.9 Å². The molecule has 4 aromatic heterocycles. The van der Waals surface area contributed by atoms with Crippen LogP contribution in [0.2, 0.25) is 0 Å². The highest BCUT2D eigenvalue weighted by Gasteiger charge is 2.28. The third-order valence-corrected chi connectivity index (χ3v) is 7.30. The third-order valence-electron chi connectivity index (χ3n) is 6.38. The first-order valence-electron chi connectivity index (χ1n) is 12.0. The number of fused-ring (bicyclic) bond motifs is 1. The minimum atomic E-state index is -4.47. The van der Waals surface area contributed by atoms with E-state index in [4.69, 9.17) is 0 Å². The first-order chi connectivity index (χ1) is 17.8. The van der Waals surface area contributed by atoms with E-state index in [-0.39, 0.29) is 10.4 Å². The molecule has 37 heavy (non-hydrogen) atoms. The number of carbonyl (C=O) groups is 1. The van der Waals surface area contributed by atoms with Gasteiger partial charge in [0.1, 0.15) is 6.54 Å². The third kappa shape index (κ3) is 5.91. The number of hydrogen-bond acceptors (Lipinski definition) is 6. The quantitative estimate of drug-likeness (QED) is 0.390. The van der Waals surface area contributed by atoms with Crippen LogP contribution in [0.15, 0.2) is 53.2 Å². The summed E-state index contributed by atoms with van der Waals surface area (Å²) in [4.78, 5) is 31.8. The van der Waals surface area contributed by atoms with E-state index < -0.39 is 18.6 Å². The first-order valence-corrected chi connectivity index (χ1v) is 12.9. The Hall–Kier alpha value is -3.51. The molecule has 5 rings (SSSR count). The Balaban J connectivity index is 1.30. The van der Waals surface area contributed by atoms with E-state index in [2.05, 4.69) is 15.0 Å². The molecular weight excluding hydrogens is 505 g/mol. The fourth-order valence-electron chi connectivity index (χ4n) is 4.40. The minimum absolute atomic E-state index is 0.0784. The van der Waals surface area contributed by atoms with E-state index in [1.807, 2.05) is 11.4 Å². The van der Waals surface area contributed by atoms with Crippen LogP contribution in [0, 0.1) is 0 Å². The Morgan fingerprint density at radius 1 is 1.05 bits per heavy atom. The number of nitrogens with one attached hydrogen (secondary N) is 1. The summed E-state index contributed by atoms with van der Waals surface area (Å²) in [5.74, 6) is -0.786. The van der Waals surface area contributed by atoms with Crippen LogP contribution in [0.25, 0.3) is 27.9 Å². The zero-order chi connectivity index (χ0) is 26.0. The molecule has 0 atom stereocenters. The second-order valence-corrected chi connectivity index (χ2v) is 9.93. The number of thiophene rings is 1. The number of likely N-dealkylation sites (tertiary alicyclic amines) is 1. The summed E-state index contributed by atoms with van der Waals surface area (Å²) in [7, 11) is 0. The molecule has 5 heterocycles. The number of amides is 1. The van der Waals surface area contributed by atoms with Crippen molar-refractivity contribution in [3.63, 3.8) is 0 Å². The number of pyridine rings is 1. The van der Waals surface area contributed by atoms with Crippen LogP contribution < -0.4 is 10.9 Å². The molecule has 194 valence electrons. The SMILES string of the molecule is O=C(NCC(F)(F)F)c1cc(-c2cnn3cc(-c4ccn(CCN5CCCCC5)c(=O)c4)cnc23)cs1. The van der Waals surface area contributed by atoms with E-state index in [0.717, 1.165) is 42.1 Å². The van der Waals surface area contributed by atoms with Crippen LogP contribution in [0.1, 0.15) is 28.9 Å². The molecule has 0 radical (unpaired) electrons. The van der Waals surface area contributed by atoms with Gasteiger partial charge in [-0.2, -0.15) is 18.3 Å². The van der Waals surface area contributed by atoms with E-state index >= 15 is 0 Å². The molecule has 0 unspecified atom stereocenters. The van der Waals surface area contributed by atoms with Gasteiger partial charge >= 0.3 is 6.18 Å². The predicted octanol–water partition coefficient (Wildman–Crippen LogP) is 4.06. The van der Waals surface area contributed by atoms with Crippen molar-refractivity contribution in [2.75, 3.05) is 26.2 Å². The molecule has 1 amide bonds. The zero-order valence-corrected chi connectivity index (χ0v) is 20.7. The van der Waals surface area contributed by atoms with Gasteiger partial charge in [0.15, 0.2) is 5.65 Å². The summed E-state index contributed by atoms with van der Waals surface area (Å²) in [6.45, 7) is 2.29. The molecule has 1 aliphatic rings. The maximum Gasteiger partial charge on any atom is 0.405 e. The molecular formula is C25H25F3N6O2S. The first kappa shape index (κ1) is 25.2. The Labute approximate surface area is 214 Å². The highest BCUT2D eigenvalue weighted by Crippen LogP contribution is 2.29. The zero-order valence-electron chi connectivity index (χ0n) is 19.9. The standard InChI is InChI=1S/C25H25F3N6O2S/c26-25(27,28)16-30-24(36)21-10-18(15-37-21)20-13-31-34-14-19(12-29-23(20)34)17-4-7-33(22(35)11-17)9-8-32-5-2-1-3-6-32/h4,7,10-15H,1-3,5-6,8-9,16H2,(H,30,36). The van der Waals surface area contributed by atoms with Crippen LogP contribution in [0.3, 0.4) is 0 Å². The lowest BCUT2D eigenvalue weighted by Gasteiger charge is -2.26. The molecule has 1 aliphatic heterocycles. The van der Waals surface area contributed by atoms with Crippen molar-refractivity contribution in [2.24, 2.45) is 0 Å². The normalized spacial score (nSPS) is 14.8. The van der Waals surface area contributed by atoms with E-state index in [1.54, 1.807) is 45.3 Å². The second-order valence-electron chi connectivity index (χ2n) is 9.02. The Kier molecular flexibility index (Phi) is 7.11. The molecule has 0 aromatic carbocycles. The Morgan fingerprint density at radius 2 is 1.86 bits per heavy atom. The van der Waals surface area contributed by atoms with Crippen LogP contribution in [0.4, 0.5) is 13.2 Å². The van der Waals surface area contributed by atoms with Gasteiger partial charge in [0.25, 0.3) is 11.5 Å². The van der Waals surface area contributed by atoms with Crippen LogP contribution in [-0.4, -0.2) is 62.3 Å².